The number of nitrogens with zero attached hydrogens (tertiary/aromatic N) is 3. The van der Waals surface area contributed by atoms with Crippen molar-refractivity contribution in [3.8, 4) is 22.8 Å². The number of carbonyl (C=O) groups excluding carboxylic acids is 2. The molecule has 0 radical (unpaired) electrons. The Morgan fingerprint density at radius 3 is 2.62 bits per heavy atom. The maximum Gasteiger partial charge on any atom is 0.276 e. The van der Waals surface area contributed by atoms with E-state index in [2.05, 4.69) is 5.16 Å². The lowest BCUT2D eigenvalue weighted by Crippen LogP contribution is -2.52. The van der Waals surface area contributed by atoms with Crippen molar-refractivity contribution in [2.45, 2.75) is 0 Å². The van der Waals surface area contributed by atoms with Gasteiger partial charge >= 0.3 is 0 Å². The molecule has 146 valence electrons. The Morgan fingerprint density at radius 1 is 0.966 bits per heavy atom. The molecule has 1 fully saturated rings. The Kier molecular flexibility index (Phi) is 4.16. The molecule has 8 heteroatoms. The van der Waals surface area contributed by atoms with Gasteiger partial charge in [-0.2, -0.15) is 0 Å². The molecular weight excluding hydrogens is 374 g/mol. The number of amides is 2. The molecule has 0 aliphatic carbocycles. The second-order valence-corrected chi connectivity index (χ2v) is 6.75. The van der Waals surface area contributed by atoms with E-state index < -0.39 is 0 Å². The Hall–Kier alpha value is -3.81. The number of ether oxygens (including phenoxy) is 2. The molecular formula is C21H17N3O5. The Labute approximate surface area is 166 Å². The topological polar surface area (TPSA) is 85.1 Å². The zero-order valence-electron chi connectivity index (χ0n) is 15.4. The third kappa shape index (κ3) is 3.18. The van der Waals surface area contributed by atoms with Crippen molar-refractivity contribution >= 4 is 17.5 Å². The highest BCUT2D eigenvalue weighted by Gasteiger charge is 2.30. The number of rotatable bonds is 3. The van der Waals surface area contributed by atoms with Crippen molar-refractivity contribution < 1.29 is 23.6 Å². The first-order valence-corrected chi connectivity index (χ1v) is 9.20. The van der Waals surface area contributed by atoms with E-state index in [9.17, 15) is 9.59 Å². The zero-order valence-corrected chi connectivity index (χ0v) is 15.4. The maximum atomic E-state index is 12.8. The van der Waals surface area contributed by atoms with Crippen LogP contribution in [0.5, 0.6) is 11.5 Å². The van der Waals surface area contributed by atoms with Gasteiger partial charge in [0.15, 0.2) is 23.0 Å². The molecule has 2 aliphatic rings. The van der Waals surface area contributed by atoms with Crippen LogP contribution in [-0.4, -0.2) is 48.3 Å². The summed E-state index contributed by atoms with van der Waals surface area (Å²) in [7, 11) is 0. The van der Waals surface area contributed by atoms with Gasteiger partial charge in [0.05, 0.1) is 0 Å². The van der Waals surface area contributed by atoms with Crippen LogP contribution in [0, 0.1) is 0 Å². The summed E-state index contributed by atoms with van der Waals surface area (Å²) in [5.74, 6) is 1.27. The van der Waals surface area contributed by atoms with Crippen LogP contribution in [0.2, 0.25) is 0 Å². The Bertz CT molecular complexity index is 1080. The minimum absolute atomic E-state index is 0.0000546. The number of para-hydroxylation sites is 1. The first-order valence-electron chi connectivity index (χ1n) is 9.20. The highest BCUT2D eigenvalue weighted by atomic mass is 16.7. The van der Waals surface area contributed by atoms with E-state index in [1.807, 2.05) is 36.4 Å². The van der Waals surface area contributed by atoms with Crippen LogP contribution < -0.4 is 14.4 Å². The summed E-state index contributed by atoms with van der Waals surface area (Å²) in [6, 6.07) is 16.4. The van der Waals surface area contributed by atoms with Gasteiger partial charge in [0, 0.05) is 30.4 Å². The standard InChI is InChI=1S/C21H17N3O5/c25-20-12-23(8-9-24(20)15-4-2-1-3-5-15)21(26)16-11-18(29-22-16)14-6-7-17-19(10-14)28-13-27-17/h1-7,10-11H,8-9,12-13H2. The molecule has 3 heterocycles. The molecule has 0 N–H and O–H groups in total. The molecule has 2 aromatic carbocycles. The summed E-state index contributed by atoms with van der Waals surface area (Å²) in [6.07, 6.45) is 0. The summed E-state index contributed by atoms with van der Waals surface area (Å²) in [5, 5.41) is 3.90. The van der Waals surface area contributed by atoms with Crippen LogP contribution in [0.4, 0.5) is 5.69 Å². The highest BCUT2D eigenvalue weighted by molar-refractivity contribution is 6.01. The van der Waals surface area contributed by atoms with Gasteiger partial charge in [-0.05, 0) is 30.3 Å². The number of hydrogen-bond donors (Lipinski definition) is 0. The van der Waals surface area contributed by atoms with Crippen molar-refractivity contribution in [1.29, 1.82) is 0 Å². The van der Waals surface area contributed by atoms with E-state index in [4.69, 9.17) is 14.0 Å². The molecule has 8 nitrogen and oxygen atoms in total. The third-order valence-electron chi connectivity index (χ3n) is 4.96. The van der Waals surface area contributed by atoms with Gasteiger partial charge in [0.25, 0.3) is 5.91 Å². The second kappa shape index (κ2) is 6.97. The Morgan fingerprint density at radius 2 is 1.79 bits per heavy atom. The molecule has 0 saturated carbocycles. The smallest absolute Gasteiger partial charge is 0.276 e. The van der Waals surface area contributed by atoms with Gasteiger partial charge in [-0.3, -0.25) is 9.59 Å². The normalized spacial score (nSPS) is 15.7. The fraction of sp³-hybridized carbons (Fsp3) is 0.190. The molecule has 1 saturated heterocycles. The van der Waals surface area contributed by atoms with Gasteiger partial charge in [0.1, 0.15) is 6.54 Å². The van der Waals surface area contributed by atoms with Gasteiger partial charge in [-0.25, -0.2) is 0 Å². The average molecular weight is 391 g/mol. The molecule has 0 unspecified atom stereocenters. The van der Waals surface area contributed by atoms with Crippen molar-refractivity contribution in [1.82, 2.24) is 10.1 Å². The predicted octanol–water partition coefficient (Wildman–Crippen LogP) is 2.56. The molecule has 2 aliphatic heterocycles. The molecule has 0 bridgehead atoms. The molecule has 0 spiro atoms. The van der Waals surface area contributed by atoms with Gasteiger partial charge < -0.3 is 23.8 Å². The predicted molar refractivity (Wildman–Crippen MR) is 103 cm³/mol. The third-order valence-corrected chi connectivity index (χ3v) is 4.96. The lowest BCUT2D eigenvalue weighted by atomic mass is 10.1. The van der Waals surface area contributed by atoms with Gasteiger partial charge in [0.2, 0.25) is 12.7 Å². The van der Waals surface area contributed by atoms with Crippen LogP contribution in [0.3, 0.4) is 0 Å². The van der Waals surface area contributed by atoms with E-state index in [0.29, 0.717) is 30.3 Å². The van der Waals surface area contributed by atoms with Crippen LogP contribution in [0.15, 0.2) is 59.1 Å². The van der Waals surface area contributed by atoms with Crippen LogP contribution in [0.25, 0.3) is 11.3 Å². The van der Waals surface area contributed by atoms with Crippen molar-refractivity contribution in [3.63, 3.8) is 0 Å². The van der Waals surface area contributed by atoms with Crippen LogP contribution in [-0.2, 0) is 4.79 Å². The lowest BCUT2D eigenvalue weighted by molar-refractivity contribution is -0.120. The largest absolute Gasteiger partial charge is 0.454 e. The first kappa shape index (κ1) is 17.3. The summed E-state index contributed by atoms with van der Waals surface area (Å²) < 4.78 is 16.0. The summed E-state index contributed by atoms with van der Waals surface area (Å²) >= 11 is 0. The highest BCUT2D eigenvalue weighted by Crippen LogP contribution is 2.36. The minimum Gasteiger partial charge on any atom is -0.454 e. The fourth-order valence-corrected chi connectivity index (χ4v) is 3.45. The number of benzene rings is 2. The van der Waals surface area contributed by atoms with E-state index in [-0.39, 0.29) is 30.8 Å². The van der Waals surface area contributed by atoms with Gasteiger partial charge in [-0.15, -0.1) is 0 Å². The number of hydrogen-bond acceptors (Lipinski definition) is 6. The molecule has 0 atom stereocenters. The monoisotopic (exact) mass is 391 g/mol. The van der Waals surface area contributed by atoms with E-state index in [0.717, 1.165) is 11.3 Å². The number of aromatic nitrogens is 1. The minimum atomic E-state index is -0.332. The van der Waals surface area contributed by atoms with Crippen LogP contribution in [0.1, 0.15) is 10.5 Å². The second-order valence-electron chi connectivity index (χ2n) is 6.75. The summed E-state index contributed by atoms with van der Waals surface area (Å²) in [5.41, 5.74) is 1.72. The van der Waals surface area contributed by atoms with Crippen LogP contribution >= 0.6 is 0 Å². The van der Waals surface area contributed by atoms with E-state index >= 15 is 0 Å². The zero-order chi connectivity index (χ0) is 19.8. The van der Waals surface area contributed by atoms with Gasteiger partial charge in [-0.1, -0.05) is 23.4 Å². The summed E-state index contributed by atoms with van der Waals surface area (Å²) in [6.45, 7) is 1.04. The number of piperazine rings is 1. The van der Waals surface area contributed by atoms with E-state index in [1.54, 1.807) is 23.1 Å². The summed E-state index contributed by atoms with van der Waals surface area (Å²) in [4.78, 5) is 28.5. The van der Waals surface area contributed by atoms with Crippen molar-refractivity contribution in [3.05, 3.63) is 60.3 Å². The quantitative estimate of drug-likeness (QED) is 0.682. The first-order chi connectivity index (χ1) is 14.2. The molecule has 29 heavy (non-hydrogen) atoms. The van der Waals surface area contributed by atoms with E-state index in [1.165, 1.54) is 4.90 Å². The average Bonchev–Trinajstić information content (AvgIpc) is 3.43. The maximum absolute atomic E-state index is 12.8. The fourth-order valence-electron chi connectivity index (χ4n) is 3.45. The molecule has 5 rings (SSSR count). The number of fused-ring (bicyclic) bond motifs is 1. The van der Waals surface area contributed by atoms with Crippen molar-refractivity contribution in [2.75, 3.05) is 31.3 Å². The Balaban J connectivity index is 1.30. The molecule has 1 aromatic heterocycles. The number of anilines is 1. The molecule has 3 aromatic rings. The number of carbonyl (C=O) groups is 2. The van der Waals surface area contributed by atoms with Crippen molar-refractivity contribution in [2.24, 2.45) is 0 Å². The molecule has 2 amide bonds. The SMILES string of the molecule is O=C(c1cc(-c2ccc3c(c2)OCO3)on1)N1CCN(c2ccccc2)C(=O)C1. The lowest BCUT2D eigenvalue weighted by Gasteiger charge is -2.33.